The summed E-state index contributed by atoms with van der Waals surface area (Å²) in [6, 6.07) is 1.08. The molecule has 1 aliphatic rings. The fraction of sp³-hybridized carbons (Fsp3) is 1.00. The fourth-order valence-corrected chi connectivity index (χ4v) is 4.31. The zero-order valence-electron chi connectivity index (χ0n) is 17.1. The van der Waals surface area contributed by atoms with Gasteiger partial charge < -0.3 is 9.47 Å². The minimum absolute atomic E-state index is 0.508. The summed E-state index contributed by atoms with van der Waals surface area (Å²) in [6.45, 7) is 12.6. The number of piperidine rings is 1. The van der Waals surface area contributed by atoms with Gasteiger partial charge in [-0.3, -0.25) is 0 Å². The molecule has 0 aromatic carbocycles. The van der Waals surface area contributed by atoms with E-state index in [1.54, 1.807) is 0 Å². The van der Waals surface area contributed by atoms with Crippen molar-refractivity contribution in [3.63, 3.8) is 0 Å². The molecule has 3 heteroatoms. The number of rotatable bonds is 13. The van der Waals surface area contributed by atoms with Crippen molar-refractivity contribution in [1.82, 2.24) is 4.90 Å². The molecule has 0 aromatic heterocycles. The Labute approximate surface area is 151 Å². The average Bonchev–Trinajstić information content (AvgIpc) is 2.54. The number of hydrogen-bond donors (Lipinski definition) is 0. The third-order valence-electron chi connectivity index (χ3n) is 5.42. The Bertz CT molecular complexity index is 292. The number of ether oxygens (including phenoxy) is 2. The molecule has 1 fully saturated rings. The van der Waals surface area contributed by atoms with E-state index >= 15 is 0 Å². The van der Waals surface area contributed by atoms with Crippen LogP contribution in [0.1, 0.15) is 105 Å². The van der Waals surface area contributed by atoms with Gasteiger partial charge in [0, 0.05) is 31.7 Å². The molecule has 1 saturated heterocycles. The molecular weight excluding hydrogens is 298 g/mol. The van der Waals surface area contributed by atoms with Gasteiger partial charge in [-0.15, -0.1) is 0 Å². The summed E-state index contributed by atoms with van der Waals surface area (Å²) in [5.74, 6) is -0.508. The molecule has 0 radical (unpaired) electrons. The van der Waals surface area contributed by atoms with Gasteiger partial charge in [-0.05, 0) is 47.0 Å². The first-order valence-corrected chi connectivity index (χ1v) is 10.7. The summed E-state index contributed by atoms with van der Waals surface area (Å²) < 4.78 is 12.6. The van der Waals surface area contributed by atoms with Crippen LogP contribution in [0, 0.1) is 0 Å². The molecule has 2 atom stereocenters. The number of unbranched alkanes of at least 4 members (excludes halogenated alkanes) is 6. The first kappa shape index (κ1) is 21.9. The lowest BCUT2D eigenvalue weighted by Gasteiger charge is -2.51. The molecule has 0 N–H and O–H groups in total. The van der Waals surface area contributed by atoms with Gasteiger partial charge in [0.1, 0.15) is 0 Å². The minimum Gasteiger partial charge on any atom is -0.337 e. The maximum Gasteiger partial charge on any atom is 0.230 e. The zero-order chi connectivity index (χ0) is 17.8. The van der Waals surface area contributed by atoms with Gasteiger partial charge in [0.25, 0.3) is 0 Å². The topological polar surface area (TPSA) is 21.7 Å². The Morgan fingerprint density at radius 2 is 1.29 bits per heavy atom. The quantitative estimate of drug-likeness (QED) is 0.298. The standard InChI is InChI=1S/C21H43NO2/c1-6-9-10-11-12-13-14-18-21(23-7-2,24-8-3)22-19(4)16-15-17-20(22)5/h19-20H,6-18H2,1-5H3/t19-,20+. The van der Waals surface area contributed by atoms with Gasteiger partial charge in [-0.2, -0.15) is 0 Å². The van der Waals surface area contributed by atoms with Crippen molar-refractivity contribution >= 4 is 0 Å². The molecular formula is C21H43NO2. The lowest BCUT2D eigenvalue weighted by molar-refractivity contribution is -0.339. The maximum absolute atomic E-state index is 6.30. The van der Waals surface area contributed by atoms with Crippen LogP contribution in [0.4, 0.5) is 0 Å². The summed E-state index contributed by atoms with van der Waals surface area (Å²) in [5.41, 5.74) is 0. The van der Waals surface area contributed by atoms with Gasteiger partial charge in [0.2, 0.25) is 5.91 Å². The van der Waals surface area contributed by atoms with E-state index in [2.05, 4.69) is 39.5 Å². The highest BCUT2D eigenvalue weighted by atomic mass is 16.7. The van der Waals surface area contributed by atoms with Crippen molar-refractivity contribution in [2.24, 2.45) is 0 Å². The molecule has 1 rings (SSSR count). The molecule has 0 amide bonds. The van der Waals surface area contributed by atoms with Crippen molar-refractivity contribution in [2.75, 3.05) is 13.2 Å². The molecule has 1 heterocycles. The normalized spacial score (nSPS) is 22.9. The van der Waals surface area contributed by atoms with E-state index in [9.17, 15) is 0 Å². The zero-order valence-corrected chi connectivity index (χ0v) is 17.1. The highest BCUT2D eigenvalue weighted by Gasteiger charge is 2.44. The smallest absolute Gasteiger partial charge is 0.230 e. The SMILES string of the molecule is CCCCCCCCCC(OCC)(OCC)N1[C@H](C)CCC[C@@H]1C. The number of likely N-dealkylation sites (tertiary alicyclic amines) is 1. The second-order valence-electron chi connectivity index (χ2n) is 7.49. The Kier molecular flexibility index (Phi) is 11.2. The monoisotopic (exact) mass is 341 g/mol. The van der Waals surface area contributed by atoms with Crippen molar-refractivity contribution < 1.29 is 9.47 Å². The largest absolute Gasteiger partial charge is 0.337 e. The summed E-state index contributed by atoms with van der Waals surface area (Å²) in [6.07, 6.45) is 14.1. The summed E-state index contributed by atoms with van der Waals surface area (Å²) >= 11 is 0. The molecule has 0 aliphatic carbocycles. The molecule has 144 valence electrons. The summed E-state index contributed by atoms with van der Waals surface area (Å²) in [4.78, 5) is 2.54. The molecule has 0 spiro atoms. The van der Waals surface area contributed by atoms with Crippen LogP contribution >= 0.6 is 0 Å². The lowest BCUT2D eigenvalue weighted by atomic mass is 9.95. The van der Waals surface area contributed by atoms with Gasteiger partial charge in [-0.25, -0.2) is 4.90 Å². The molecule has 0 bridgehead atoms. The van der Waals surface area contributed by atoms with Crippen molar-refractivity contribution in [2.45, 2.75) is 123 Å². The van der Waals surface area contributed by atoms with E-state index in [4.69, 9.17) is 9.47 Å². The van der Waals surface area contributed by atoms with E-state index in [-0.39, 0.29) is 0 Å². The van der Waals surface area contributed by atoms with Crippen molar-refractivity contribution in [1.29, 1.82) is 0 Å². The Hall–Kier alpha value is -0.120. The number of nitrogens with zero attached hydrogens (tertiary/aromatic N) is 1. The van der Waals surface area contributed by atoms with E-state index < -0.39 is 5.91 Å². The van der Waals surface area contributed by atoms with Gasteiger partial charge in [-0.1, -0.05) is 51.9 Å². The second-order valence-corrected chi connectivity index (χ2v) is 7.49. The summed E-state index contributed by atoms with van der Waals surface area (Å²) in [7, 11) is 0. The second kappa shape index (κ2) is 12.3. The van der Waals surface area contributed by atoms with Crippen LogP contribution in [0.15, 0.2) is 0 Å². The van der Waals surface area contributed by atoms with Gasteiger partial charge in [0.05, 0.1) is 0 Å². The molecule has 1 aliphatic heterocycles. The molecule has 24 heavy (non-hydrogen) atoms. The predicted molar refractivity (Wildman–Crippen MR) is 103 cm³/mol. The Morgan fingerprint density at radius 1 is 0.792 bits per heavy atom. The van der Waals surface area contributed by atoms with E-state index in [0.29, 0.717) is 25.3 Å². The highest BCUT2D eigenvalue weighted by molar-refractivity contribution is 4.86. The minimum atomic E-state index is -0.508. The first-order valence-electron chi connectivity index (χ1n) is 10.7. The van der Waals surface area contributed by atoms with Crippen molar-refractivity contribution in [3.8, 4) is 0 Å². The lowest BCUT2D eigenvalue weighted by Crippen LogP contribution is -2.61. The van der Waals surface area contributed by atoms with Crippen LogP contribution in [0.25, 0.3) is 0 Å². The van der Waals surface area contributed by atoms with Crippen LogP contribution in [0.2, 0.25) is 0 Å². The predicted octanol–water partition coefficient (Wildman–Crippen LogP) is 6.12. The van der Waals surface area contributed by atoms with Gasteiger partial charge >= 0.3 is 0 Å². The van der Waals surface area contributed by atoms with Crippen molar-refractivity contribution in [3.05, 3.63) is 0 Å². The van der Waals surface area contributed by atoms with E-state index in [0.717, 1.165) is 6.42 Å². The molecule has 3 nitrogen and oxygen atoms in total. The third-order valence-corrected chi connectivity index (χ3v) is 5.42. The highest BCUT2D eigenvalue weighted by Crippen LogP contribution is 2.36. The Morgan fingerprint density at radius 3 is 1.79 bits per heavy atom. The van der Waals surface area contributed by atoms with Crippen LogP contribution in [0.5, 0.6) is 0 Å². The van der Waals surface area contributed by atoms with Crippen LogP contribution in [-0.4, -0.2) is 36.1 Å². The van der Waals surface area contributed by atoms with Crippen LogP contribution < -0.4 is 0 Å². The van der Waals surface area contributed by atoms with Crippen LogP contribution in [0.3, 0.4) is 0 Å². The van der Waals surface area contributed by atoms with E-state index in [1.807, 2.05) is 0 Å². The summed E-state index contributed by atoms with van der Waals surface area (Å²) in [5, 5.41) is 0. The fourth-order valence-electron chi connectivity index (χ4n) is 4.31. The van der Waals surface area contributed by atoms with E-state index in [1.165, 1.54) is 64.2 Å². The maximum atomic E-state index is 6.30. The molecule has 0 saturated carbocycles. The molecule has 0 aromatic rings. The van der Waals surface area contributed by atoms with Crippen LogP contribution in [-0.2, 0) is 9.47 Å². The average molecular weight is 342 g/mol. The van der Waals surface area contributed by atoms with Gasteiger partial charge in [0.15, 0.2) is 0 Å². The number of hydrogen-bond acceptors (Lipinski definition) is 3. The Balaban J connectivity index is 2.63. The first-order chi connectivity index (χ1) is 11.6. The third kappa shape index (κ3) is 6.65. The molecule has 0 unspecified atom stereocenters.